The Kier molecular flexibility index (Phi) is 5.26. The Morgan fingerprint density at radius 3 is 2.63 bits per heavy atom. The molecule has 1 unspecified atom stereocenters. The van der Waals surface area contributed by atoms with E-state index in [4.69, 9.17) is 0 Å². The van der Waals surface area contributed by atoms with E-state index >= 15 is 0 Å². The first-order valence-electron chi connectivity index (χ1n) is 8.12. The molecule has 19 heavy (non-hydrogen) atoms. The maximum atomic E-state index is 12.5. The van der Waals surface area contributed by atoms with Gasteiger partial charge in [0, 0.05) is 19.1 Å². The van der Waals surface area contributed by atoms with E-state index in [2.05, 4.69) is 30.6 Å². The van der Waals surface area contributed by atoms with Crippen molar-refractivity contribution in [3.63, 3.8) is 0 Å². The van der Waals surface area contributed by atoms with Gasteiger partial charge in [-0.1, -0.05) is 27.2 Å². The second-order valence-electron chi connectivity index (χ2n) is 6.82. The summed E-state index contributed by atoms with van der Waals surface area (Å²) in [6, 6.07) is 0.557. The van der Waals surface area contributed by atoms with Crippen LogP contribution in [0.15, 0.2) is 0 Å². The first-order valence-corrected chi connectivity index (χ1v) is 8.12. The van der Waals surface area contributed by atoms with Gasteiger partial charge >= 0.3 is 0 Å². The molecule has 3 nitrogen and oxygen atoms in total. The highest BCUT2D eigenvalue weighted by atomic mass is 16.2. The van der Waals surface area contributed by atoms with E-state index in [-0.39, 0.29) is 0 Å². The highest BCUT2D eigenvalue weighted by Crippen LogP contribution is 2.28. The number of piperidine rings is 1. The van der Waals surface area contributed by atoms with Gasteiger partial charge in [0.15, 0.2) is 0 Å². The van der Waals surface area contributed by atoms with Crippen LogP contribution in [0, 0.1) is 11.8 Å². The quantitative estimate of drug-likeness (QED) is 0.738. The molecule has 1 saturated carbocycles. The minimum Gasteiger partial charge on any atom is -0.338 e. The molecule has 1 saturated heterocycles. The van der Waals surface area contributed by atoms with Gasteiger partial charge in [-0.05, 0) is 44.1 Å². The Hall–Kier alpha value is -0.570. The van der Waals surface area contributed by atoms with Gasteiger partial charge in [0.1, 0.15) is 0 Å². The zero-order valence-electron chi connectivity index (χ0n) is 12.9. The largest absolute Gasteiger partial charge is 0.338 e. The van der Waals surface area contributed by atoms with E-state index in [0.717, 1.165) is 25.6 Å². The molecule has 0 radical (unpaired) electrons. The van der Waals surface area contributed by atoms with Gasteiger partial charge in [0.2, 0.25) is 5.91 Å². The number of hydrogen-bond acceptors (Lipinski definition) is 2. The van der Waals surface area contributed by atoms with Gasteiger partial charge in [-0.15, -0.1) is 0 Å². The SMILES string of the molecule is CCC1CCCN(CC(=O)N(CC(C)C)C2CC2)C1. The van der Waals surface area contributed by atoms with Gasteiger partial charge in [-0.2, -0.15) is 0 Å². The lowest BCUT2D eigenvalue weighted by Crippen LogP contribution is -2.46. The molecule has 1 heterocycles. The first-order chi connectivity index (χ1) is 9.10. The Morgan fingerprint density at radius 1 is 1.32 bits per heavy atom. The van der Waals surface area contributed by atoms with Crippen LogP contribution in [0.4, 0.5) is 0 Å². The molecule has 0 N–H and O–H groups in total. The molecule has 110 valence electrons. The smallest absolute Gasteiger partial charge is 0.237 e. The molecule has 0 bridgehead atoms. The minimum atomic E-state index is 0.368. The van der Waals surface area contributed by atoms with Gasteiger partial charge in [-0.25, -0.2) is 0 Å². The fourth-order valence-corrected chi connectivity index (χ4v) is 3.14. The summed E-state index contributed by atoms with van der Waals surface area (Å²) in [4.78, 5) is 17.0. The third-order valence-electron chi connectivity index (χ3n) is 4.41. The van der Waals surface area contributed by atoms with Crippen molar-refractivity contribution in [3.8, 4) is 0 Å². The molecule has 0 aromatic rings. The van der Waals surface area contributed by atoms with E-state index in [1.54, 1.807) is 0 Å². The number of carbonyl (C=O) groups is 1. The van der Waals surface area contributed by atoms with Crippen LogP contribution in [0.25, 0.3) is 0 Å². The Labute approximate surface area is 118 Å². The normalized spacial score (nSPS) is 24.7. The average molecular weight is 266 g/mol. The van der Waals surface area contributed by atoms with Crippen molar-refractivity contribution in [1.29, 1.82) is 0 Å². The molecule has 2 fully saturated rings. The standard InChI is InChI=1S/C16H30N2O/c1-4-14-6-5-9-17(11-14)12-16(19)18(10-13(2)3)15-7-8-15/h13-15H,4-12H2,1-3H3. The number of carbonyl (C=O) groups excluding carboxylic acids is 1. The van der Waals surface area contributed by atoms with Gasteiger partial charge in [0.05, 0.1) is 6.54 Å². The van der Waals surface area contributed by atoms with E-state index in [1.165, 1.54) is 32.1 Å². The lowest BCUT2D eigenvalue weighted by atomic mass is 9.96. The third-order valence-corrected chi connectivity index (χ3v) is 4.41. The second-order valence-corrected chi connectivity index (χ2v) is 6.82. The molecule has 1 aliphatic heterocycles. The topological polar surface area (TPSA) is 23.6 Å². The molecule has 0 aromatic carbocycles. The van der Waals surface area contributed by atoms with Crippen LogP contribution in [-0.4, -0.2) is 47.9 Å². The summed E-state index contributed by atoms with van der Waals surface area (Å²) >= 11 is 0. The van der Waals surface area contributed by atoms with Crippen LogP contribution in [0.5, 0.6) is 0 Å². The molecule has 2 rings (SSSR count). The maximum absolute atomic E-state index is 12.5. The number of likely N-dealkylation sites (tertiary alicyclic amines) is 1. The minimum absolute atomic E-state index is 0.368. The average Bonchev–Trinajstić information content (AvgIpc) is 3.20. The van der Waals surface area contributed by atoms with Crippen molar-refractivity contribution < 1.29 is 4.79 Å². The Balaban J connectivity index is 1.84. The summed E-state index contributed by atoms with van der Waals surface area (Å²) in [5.41, 5.74) is 0. The summed E-state index contributed by atoms with van der Waals surface area (Å²) in [5, 5.41) is 0. The lowest BCUT2D eigenvalue weighted by Gasteiger charge is -2.34. The maximum Gasteiger partial charge on any atom is 0.237 e. The second kappa shape index (κ2) is 6.74. The molecule has 3 heteroatoms. The summed E-state index contributed by atoms with van der Waals surface area (Å²) in [7, 11) is 0. The van der Waals surface area contributed by atoms with E-state index in [0.29, 0.717) is 24.4 Å². The molecule has 1 amide bonds. The number of amides is 1. The van der Waals surface area contributed by atoms with E-state index in [1.807, 2.05) is 0 Å². The van der Waals surface area contributed by atoms with Crippen molar-refractivity contribution >= 4 is 5.91 Å². The highest BCUT2D eigenvalue weighted by molar-refractivity contribution is 5.79. The zero-order valence-corrected chi connectivity index (χ0v) is 12.9. The molecule has 0 aromatic heterocycles. The highest BCUT2D eigenvalue weighted by Gasteiger charge is 2.33. The van der Waals surface area contributed by atoms with Gasteiger partial charge in [0.25, 0.3) is 0 Å². The van der Waals surface area contributed by atoms with Crippen LogP contribution >= 0.6 is 0 Å². The summed E-state index contributed by atoms with van der Waals surface area (Å²) < 4.78 is 0. The van der Waals surface area contributed by atoms with Crippen molar-refractivity contribution in [2.45, 2.75) is 58.9 Å². The van der Waals surface area contributed by atoms with Crippen molar-refractivity contribution in [2.75, 3.05) is 26.2 Å². The van der Waals surface area contributed by atoms with Crippen LogP contribution in [0.3, 0.4) is 0 Å². The van der Waals surface area contributed by atoms with Crippen LogP contribution in [0.2, 0.25) is 0 Å². The van der Waals surface area contributed by atoms with Gasteiger partial charge in [-0.3, -0.25) is 9.69 Å². The third kappa shape index (κ3) is 4.48. The lowest BCUT2D eigenvalue weighted by molar-refractivity contribution is -0.134. The number of nitrogens with zero attached hydrogens (tertiary/aromatic N) is 2. The van der Waals surface area contributed by atoms with Crippen LogP contribution in [-0.2, 0) is 4.79 Å². The zero-order chi connectivity index (χ0) is 13.8. The fourth-order valence-electron chi connectivity index (χ4n) is 3.14. The van der Waals surface area contributed by atoms with Crippen molar-refractivity contribution in [1.82, 2.24) is 9.80 Å². The predicted molar refractivity (Wildman–Crippen MR) is 79.0 cm³/mol. The predicted octanol–water partition coefficient (Wildman–Crippen LogP) is 2.76. The number of hydrogen-bond donors (Lipinski definition) is 0. The van der Waals surface area contributed by atoms with Gasteiger partial charge < -0.3 is 4.90 Å². The van der Waals surface area contributed by atoms with E-state index in [9.17, 15) is 4.79 Å². The Morgan fingerprint density at radius 2 is 2.05 bits per heavy atom. The molecule has 0 spiro atoms. The molecule has 1 aliphatic carbocycles. The molecular weight excluding hydrogens is 236 g/mol. The summed E-state index contributed by atoms with van der Waals surface area (Å²) in [6.07, 6.45) is 6.30. The fraction of sp³-hybridized carbons (Fsp3) is 0.938. The number of rotatable bonds is 6. The first kappa shape index (κ1) is 14.8. The molecule has 2 aliphatic rings. The van der Waals surface area contributed by atoms with Crippen molar-refractivity contribution in [3.05, 3.63) is 0 Å². The summed E-state index contributed by atoms with van der Waals surface area (Å²) in [6.45, 7) is 10.5. The Bertz CT molecular complexity index is 299. The monoisotopic (exact) mass is 266 g/mol. The van der Waals surface area contributed by atoms with E-state index < -0.39 is 0 Å². The molecular formula is C16H30N2O. The van der Waals surface area contributed by atoms with Crippen LogP contribution in [0.1, 0.15) is 52.9 Å². The molecule has 1 atom stereocenters. The van der Waals surface area contributed by atoms with Crippen molar-refractivity contribution in [2.24, 2.45) is 11.8 Å². The van der Waals surface area contributed by atoms with Crippen LogP contribution < -0.4 is 0 Å². The summed E-state index contributed by atoms with van der Waals surface area (Å²) in [5.74, 6) is 1.75.